The first-order chi connectivity index (χ1) is 15.3. The number of halogens is 1. The van der Waals surface area contributed by atoms with Crippen molar-refractivity contribution in [2.45, 2.75) is 51.2 Å². The van der Waals surface area contributed by atoms with E-state index in [2.05, 4.69) is 27.1 Å². The number of fused-ring (bicyclic) bond motifs is 1. The summed E-state index contributed by atoms with van der Waals surface area (Å²) < 4.78 is 0. The van der Waals surface area contributed by atoms with Gasteiger partial charge in [0.1, 0.15) is 12.1 Å². The number of nitrogens with one attached hydrogen (secondary N) is 1. The summed E-state index contributed by atoms with van der Waals surface area (Å²) in [5, 5.41) is 15.4. The van der Waals surface area contributed by atoms with E-state index in [9.17, 15) is 9.90 Å². The summed E-state index contributed by atoms with van der Waals surface area (Å²) in [4.78, 5) is 26.6. The van der Waals surface area contributed by atoms with Gasteiger partial charge in [-0.2, -0.15) is 0 Å². The van der Waals surface area contributed by atoms with Gasteiger partial charge in [-0.3, -0.25) is 4.79 Å². The molecule has 1 fully saturated rings. The number of carbonyl (C=O) groups excluding carboxylic acids is 1. The Kier molecular flexibility index (Phi) is 6.70. The molecule has 0 saturated carbocycles. The Hall–Kier alpha value is -2.22. The number of anilines is 1. The first-order valence-electron chi connectivity index (χ1n) is 11.4. The lowest BCUT2D eigenvalue weighted by Crippen LogP contribution is -2.58. The van der Waals surface area contributed by atoms with Crippen LogP contribution in [-0.2, 0) is 16.8 Å². The highest BCUT2D eigenvalue weighted by Crippen LogP contribution is 2.37. The summed E-state index contributed by atoms with van der Waals surface area (Å²) in [5.41, 5.74) is 1.30. The normalized spacial score (nSPS) is 20.4. The fraction of sp³-hybridized carbons (Fsp3) is 0.542. The molecule has 1 aliphatic heterocycles. The highest BCUT2D eigenvalue weighted by atomic mass is 35.5. The Morgan fingerprint density at radius 1 is 1.22 bits per heavy atom. The summed E-state index contributed by atoms with van der Waals surface area (Å²) in [6.45, 7) is 8.77. The lowest BCUT2D eigenvalue weighted by molar-refractivity contribution is -0.152. The second kappa shape index (κ2) is 9.33. The molecule has 2 aromatic rings. The Balaban J connectivity index is 1.51. The molecule has 0 bridgehead atoms. The molecule has 1 amide bonds. The average Bonchev–Trinajstić information content (AvgIpc) is 3.18. The van der Waals surface area contributed by atoms with E-state index in [1.165, 1.54) is 5.56 Å². The van der Waals surface area contributed by atoms with Crippen molar-refractivity contribution in [2.24, 2.45) is 0 Å². The summed E-state index contributed by atoms with van der Waals surface area (Å²) in [6, 6.07) is 7.01. The van der Waals surface area contributed by atoms with Crippen molar-refractivity contribution < 1.29 is 9.90 Å². The molecule has 1 aromatic carbocycles. The van der Waals surface area contributed by atoms with E-state index in [0.717, 1.165) is 24.4 Å². The van der Waals surface area contributed by atoms with E-state index in [0.29, 0.717) is 42.7 Å². The number of piperazine rings is 1. The Labute approximate surface area is 194 Å². The average molecular weight is 458 g/mol. The van der Waals surface area contributed by atoms with Crippen LogP contribution in [0.15, 0.2) is 30.6 Å². The van der Waals surface area contributed by atoms with Crippen LogP contribution >= 0.6 is 11.6 Å². The summed E-state index contributed by atoms with van der Waals surface area (Å²) >= 11 is 6.03. The zero-order valence-corrected chi connectivity index (χ0v) is 19.8. The number of aliphatic hydroxyl groups is 1. The van der Waals surface area contributed by atoms with Crippen molar-refractivity contribution in [3.63, 3.8) is 0 Å². The van der Waals surface area contributed by atoms with E-state index in [4.69, 9.17) is 11.6 Å². The number of amides is 1. The van der Waals surface area contributed by atoms with Gasteiger partial charge in [0.15, 0.2) is 5.60 Å². The lowest BCUT2D eigenvalue weighted by atomic mass is 9.91. The molecule has 0 unspecified atom stereocenters. The van der Waals surface area contributed by atoms with Gasteiger partial charge in [0.05, 0.1) is 0 Å². The smallest absolute Gasteiger partial charge is 0.260 e. The van der Waals surface area contributed by atoms with Gasteiger partial charge >= 0.3 is 0 Å². The first kappa shape index (κ1) is 23.0. The molecular weight excluding hydrogens is 426 g/mol. The van der Waals surface area contributed by atoms with E-state index in [1.807, 2.05) is 13.8 Å². The highest BCUT2D eigenvalue weighted by molar-refractivity contribution is 6.30. The van der Waals surface area contributed by atoms with Gasteiger partial charge in [-0.05, 0) is 36.5 Å². The molecule has 2 aliphatic rings. The maximum absolute atomic E-state index is 13.6. The molecule has 2 atom stereocenters. The number of carbonyl (C=O) groups is 1. The van der Waals surface area contributed by atoms with Crippen LogP contribution in [0.25, 0.3) is 0 Å². The molecule has 172 valence electrons. The van der Waals surface area contributed by atoms with Crippen LogP contribution < -0.4 is 10.2 Å². The van der Waals surface area contributed by atoms with Crippen LogP contribution in [0.3, 0.4) is 0 Å². The van der Waals surface area contributed by atoms with E-state index >= 15 is 0 Å². The van der Waals surface area contributed by atoms with Crippen molar-refractivity contribution in [3.8, 4) is 0 Å². The largest absolute Gasteiger partial charge is 0.374 e. The fourth-order valence-electron chi connectivity index (χ4n) is 4.64. The Bertz CT molecular complexity index is 959. The molecule has 1 aliphatic carbocycles. The molecule has 1 saturated heterocycles. The molecule has 0 spiro atoms. The van der Waals surface area contributed by atoms with Crippen LogP contribution in [0.4, 0.5) is 5.82 Å². The van der Waals surface area contributed by atoms with Crippen LogP contribution in [0.1, 0.15) is 49.9 Å². The predicted molar refractivity (Wildman–Crippen MR) is 126 cm³/mol. The van der Waals surface area contributed by atoms with Crippen molar-refractivity contribution >= 4 is 23.3 Å². The van der Waals surface area contributed by atoms with Gasteiger partial charge in [-0.25, -0.2) is 9.97 Å². The fourth-order valence-corrected chi connectivity index (χ4v) is 4.76. The maximum Gasteiger partial charge on any atom is 0.260 e. The number of aryl methyl sites for hydroxylation is 1. The zero-order valence-electron chi connectivity index (χ0n) is 19.0. The molecule has 2 N–H and O–H groups in total. The van der Waals surface area contributed by atoms with Crippen LogP contribution in [-0.4, -0.2) is 64.6 Å². The number of aromatic nitrogens is 2. The van der Waals surface area contributed by atoms with Gasteiger partial charge in [-0.1, -0.05) is 44.5 Å². The van der Waals surface area contributed by atoms with Gasteiger partial charge in [-0.15, -0.1) is 0 Å². The van der Waals surface area contributed by atoms with Gasteiger partial charge < -0.3 is 20.2 Å². The molecule has 4 rings (SSSR count). The Morgan fingerprint density at radius 3 is 2.56 bits per heavy atom. The van der Waals surface area contributed by atoms with Gasteiger partial charge in [0.25, 0.3) is 5.91 Å². The molecular formula is C24H32ClN5O2. The van der Waals surface area contributed by atoms with Gasteiger partial charge in [0, 0.05) is 55.0 Å². The standard InChI is InChI=1S/C24H32ClN5O2/c1-16(2)26-14-24(32,18-5-7-19(25)8-6-18)23(31)30-12-10-29(11-13-30)22-21-17(3)4-9-20(21)27-15-28-22/h5-8,15-17,26,32H,4,9-14H2,1-3H3/t17-,24+/m1/s1. The van der Waals surface area contributed by atoms with E-state index < -0.39 is 5.60 Å². The topological polar surface area (TPSA) is 81.6 Å². The van der Waals surface area contributed by atoms with E-state index in [-0.39, 0.29) is 18.5 Å². The molecule has 2 heterocycles. The minimum absolute atomic E-state index is 0.139. The molecule has 1 aromatic heterocycles. The third-order valence-corrected chi connectivity index (χ3v) is 6.81. The lowest BCUT2D eigenvalue weighted by Gasteiger charge is -2.40. The van der Waals surface area contributed by atoms with Crippen LogP contribution in [0.2, 0.25) is 5.02 Å². The highest BCUT2D eigenvalue weighted by Gasteiger charge is 2.42. The number of rotatable bonds is 6. The molecule has 32 heavy (non-hydrogen) atoms. The predicted octanol–water partition coefficient (Wildman–Crippen LogP) is 2.71. The first-order valence-corrected chi connectivity index (χ1v) is 11.8. The third kappa shape index (κ3) is 4.47. The zero-order chi connectivity index (χ0) is 22.9. The Morgan fingerprint density at radius 2 is 1.91 bits per heavy atom. The molecule has 0 radical (unpaired) electrons. The minimum atomic E-state index is -1.65. The van der Waals surface area contributed by atoms with Crippen molar-refractivity contribution in [1.29, 1.82) is 0 Å². The van der Waals surface area contributed by atoms with Crippen molar-refractivity contribution in [2.75, 3.05) is 37.6 Å². The summed E-state index contributed by atoms with van der Waals surface area (Å²) in [7, 11) is 0. The van der Waals surface area contributed by atoms with E-state index in [1.54, 1.807) is 35.5 Å². The van der Waals surface area contributed by atoms with Crippen LogP contribution in [0, 0.1) is 0 Å². The number of hydrogen-bond donors (Lipinski definition) is 2. The SMILES string of the molecule is CC(C)NC[C@@](O)(C(=O)N1CCN(c2ncnc3c2[C@H](C)CC3)CC1)c1ccc(Cl)cc1. The van der Waals surface area contributed by atoms with Crippen LogP contribution in [0.5, 0.6) is 0 Å². The molecule has 8 heteroatoms. The van der Waals surface area contributed by atoms with Crippen molar-refractivity contribution in [3.05, 3.63) is 52.4 Å². The van der Waals surface area contributed by atoms with Gasteiger partial charge in [0.2, 0.25) is 0 Å². The second-order valence-electron chi connectivity index (χ2n) is 9.18. The third-order valence-electron chi connectivity index (χ3n) is 6.56. The number of benzene rings is 1. The molecule has 7 nitrogen and oxygen atoms in total. The maximum atomic E-state index is 13.6. The number of hydrogen-bond acceptors (Lipinski definition) is 6. The summed E-state index contributed by atoms with van der Waals surface area (Å²) in [5.74, 6) is 1.17. The summed E-state index contributed by atoms with van der Waals surface area (Å²) in [6.07, 6.45) is 3.76. The minimum Gasteiger partial charge on any atom is -0.374 e. The second-order valence-corrected chi connectivity index (χ2v) is 9.62. The quantitative estimate of drug-likeness (QED) is 0.694. The monoisotopic (exact) mass is 457 g/mol. The number of nitrogens with zero attached hydrogens (tertiary/aromatic N) is 4. The van der Waals surface area contributed by atoms with Crippen molar-refractivity contribution in [1.82, 2.24) is 20.2 Å².